The molecule has 0 unspecified atom stereocenters. The quantitative estimate of drug-likeness (QED) is 0.859. The minimum absolute atomic E-state index is 0.0410. The van der Waals surface area contributed by atoms with E-state index >= 15 is 0 Å². The Morgan fingerprint density at radius 1 is 1.24 bits per heavy atom. The summed E-state index contributed by atoms with van der Waals surface area (Å²) < 4.78 is 6.02. The fourth-order valence-electron chi connectivity index (χ4n) is 3.60. The zero-order valence-electron chi connectivity index (χ0n) is 13.7. The number of nitrogens with zero attached hydrogens (tertiary/aromatic N) is 2. The fraction of sp³-hybridized carbons (Fsp3) is 0.389. The molecular formula is C18H20N4O3. The number of H-pyrrole nitrogens is 1. The van der Waals surface area contributed by atoms with Crippen molar-refractivity contribution in [2.24, 2.45) is 0 Å². The Morgan fingerprint density at radius 3 is 2.88 bits per heavy atom. The van der Waals surface area contributed by atoms with E-state index in [4.69, 9.17) is 4.74 Å². The third-order valence-corrected chi connectivity index (χ3v) is 4.82. The van der Waals surface area contributed by atoms with Crippen molar-refractivity contribution in [2.45, 2.75) is 24.6 Å². The van der Waals surface area contributed by atoms with Crippen LogP contribution in [0.2, 0.25) is 0 Å². The van der Waals surface area contributed by atoms with Gasteiger partial charge in [0, 0.05) is 25.2 Å². The number of aromatic nitrogens is 2. The zero-order valence-corrected chi connectivity index (χ0v) is 13.7. The van der Waals surface area contributed by atoms with Crippen molar-refractivity contribution in [3.05, 3.63) is 64.3 Å². The lowest BCUT2D eigenvalue weighted by atomic mass is 10.1. The second-order valence-corrected chi connectivity index (χ2v) is 6.56. The maximum Gasteiger partial charge on any atom is 0.269 e. The first-order valence-corrected chi connectivity index (χ1v) is 8.45. The van der Waals surface area contributed by atoms with Crippen LogP contribution in [0.1, 0.15) is 28.6 Å². The average molecular weight is 340 g/mol. The molecule has 0 aliphatic carbocycles. The van der Waals surface area contributed by atoms with Gasteiger partial charge in [0.2, 0.25) is 0 Å². The summed E-state index contributed by atoms with van der Waals surface area (Å²) in [5, 5.41) is 2.99. The Hall–Kier alpha value is -2.51. The number of benzene rings is 1. The number of morpholine rings is 1. The molecule has 0 spiro atoms. The fourth-order valence-corrected chi connectivity index (χ4v) is 3.60. The third-order valence-electron chi connectivity index (χ3n) is 4.82. The number of nitrogens with one attached hydrogen (secondary N) is 2. The van der Waals surface area contributed by atoms with E-state index in [0.29, 0.717) is 12.6 Å². The largest absolute Gasteiger partial charge is 0.371 e. The number of ether oxygens (including phenoxy) is 1. The molecule has 2 N–H and O–H groups in total. The van der Waals surface area contributed by atoms with Crippen molar-refractivity contribution in [3.63, 3.8) is 0 Å². The molecule has 2 aromatic rings. The van der Waals surface area contributed by atoms with Crippen molar-refractivity contribution in [1.82, 2.24) is 20.2 Å². The number of hydrogen-bond donors (Lipinski definition) is 2. The molecule has 0 radical (unpaired) electrons. The Morgan fingerprint density at radius 2 is 2.08 bits per heavy atom. The van der Waals surface area contributed by atoms with Crippen molar-refractivity contribution >= 4 is 5.91 Å². The van der Waals surface area contributed by atoms with Gasteiger partial charge in [-0.25, -0.2) is 0 Å². The smallest absolute Gasteiger partial charge is 0.269 e. The lowest BCUT2D eigenvalue weighted by Gasteiger charge is -2.35. The molecule has 3 heterocycles. The van der Waals surface area contributed by atoms with Gasteiger partial charge in [0.1, 0.15) is 5.69 Å². The molecule has 3 atom stereocenters. The standard InChI is InChI=1S/C18H20N4O3/c23-17-8-19-7-15(21-17)18(24)20-13-6-14-11-25-16(10-22(14)9-13)12-4-2-1-3-5-12/h1-5,7-8,13-14,16H,6,9-11H2,(H,20,24)(H,21,23)/t13-,14+,16-/m1/s1. The summed E-state index contributed by atoms with van der Waals surface area (Å²) in [7, 11) is 0. The molecule has 2 aliphatic rings. The van der Waals surface area contributed by atoms with Crippen LogP contribution in [0.5, 0.6) is 0 Å². The summed E-state index contributed by atoms with van der Waals surface area (Å²) in [6, 6.07) is 10.6. The molecule has 2 saturated heterocycles. The molecule has 4 rings (SSSR count). The highest BCUT2D eigenvalue weighted by molar-refractivity contribution is 5.92. The highest BCUT2D eigenvalue weighted by Crippen LogP contribution is 2.30. The Labute approximate surface area is 145 Å². The summed E-state index contributed by atoms with van der Waals surface area (Å²) in [5.74, 6) is -0.296. The normalized spacial score (nSPS) is 26.2. The van der Waals surface area contributed by atoms with E-state index in [1.165, 1.54) is 11.8 Å². The van der Waals surface area contributed by atoms with Crippen LogP contribution in [-0.4, -0.2) is 52.6 Å². The molecule has 2 fully saturated rings. The molecule has 130 valence electrons. The Balaban J connectivity index is 1.38. The first-order valence-electron chi connectivity index (χ1n) is 8.45. The summed E-state index contributed by atoms with van der Waals surface area (Å²) in [5.41, 5.74) is 0.993. The maximum absolute atomic E-state index is 12.3. The minimum Gasteiger partial charge on any atom is -0.371 e. The number of aromatic amines is 1. The Bertz CT molecular complexity index is 807. The second kappa shape index (κ2) is 6.78. The van der Waals surface area contributed by atoms with Gasteiger partial charge in [0.15, 0.2) is 0 Å². The second-order valence-electron chi connectivity index (χ2n) is 6.56. The summed E-state index contributed by atoms with van der Waals surface area (Å²) in [6.07, 6.45) is 3.43. The van der Waals surface area contributed by atoms with E-state index in [2.05, 4.69) is 32.3 Å². The molecule has 2 aliphatic heterocycles. The minimum atomic E-state index is -0.379. The molecule has 1 amide bonds. The summed E-state index contributed by atoms with van der Waals surface area (Å²) in [6.45, 7) is 2.27. The number of amides is 1. The van der Waals surface area contributed by atoms with Crippen LogP contribution in [0.25, 0.3) is 0 Å². The third kappa shape index (κ3) is 3.47. The van der Waals surface area contributed by atoms with Crippen LogP contribution in [0.3, 0.4) is 0 Å². The van der Waals surface area contributed by atoms with Gasteiger partial charge >= 0.3 is 0 Å². The monoisotopic (exact) mass is 340 g/mol. The van der Waals surface area contributed by atoms with Crippen molar-refractivity contribution < 1.29 is 9.53 Å². The molecule has 0 saturated carbocycles. The molecule has 0 bridgehead atoms. The lowest BCUT2D eigenvalue weighted by Crippen LogP contribution is -2.43. The first kappa shape index (κ1) is 16.0. The highest BCUT2D eigenvalue weighted by atomic mass is 16.5. The van der Waals surface area contributed by atoms with Crippen LogP contribution in [0.15, 0.2) is 47.5 Å². The van der Waals surface area contributed by atoms with Crippen LogP contribution in [0, 0.1) is 0 Å². The summed E-state index contributed by atoms with van der Waals surface area (Å²) >= 11 is 0. The molecule has 7 nitrogen and oxygen atoms in total. The number of carbonyl (C=O) groups excluding carboxylic acids is 1. The maximum atomic E-state index is 12.3. The number of hydrogen-bond acceptors (Lipinski definition) is 5. The van der Waals surface area contributed by atoms with Gasteiger partial charge in [-0.05, 0) is 12.0 Å². The zero-order chi connectivity index (χ0) is 17.2. The van der Waals surface area contributed by atoms with E-state index < -0.39 is 0 Å². The molecule has 25 heavy (non-hydrogen) atoms. The lowest BCUT2D eigenvalue weighted by molar-refractivity contribution is -0.0502. The van der Waals surface area contributed by atoms with Gasteiger partial charge in [-0.1, -0.05) is 30.3 Å². The van der Waals surface area contributed by atoms with E-state index in [-0.39, 0.29) is 29.3 Å². The topological polar surface area (TPSA) is 87.3 Å². The van der Waals surface area contributed by atoms with E-state index in [0.717, 1.165) is 25.7 Å². The van der Waals surface area contributed by atoms with Gasteiger partial charge in [-0.15, -0.1) is 0 Å². The average Bonchev–Trinajstić information content (AvgIpc) is 3.03. The number of carbonyl (C=O) groups is 1. The van der Waals surface area contributed by atoms with Gasteiger partial charge in [-0.3, -0.25) is 19.5 Å². The van der Waals surface area contributed by atoms with E-state index in [1.807, 2.05) is 18.2 Å². The van der Waals surface area contributed by atoms with Crippen molar-refractivity contribution in [3.8, 4) is 0 Å². The van der Waals surface area contributed by atoms with Crippen LogP contribution in [-0.2, 0) is 4.74 Å². The van der Waals surface area contributed by atoms with E-state index in [1.54, 1.807) is 0 Å². The number of fused-ring (bicyclic) bond motifs is 1. The summed E-state index contributed by atoms with van der Waals surface area (Å²) in [4.78, 5) is 32.2. The molecule has 1 aromatic heterocycles. The molecular weight excluding hydrogens is 320 g/mol. The van der Waals surface area contributed by atoms with Gasteiger partial charge in [0.05, 0.1) is 25.1 Å². The molecule has 1 aromatic carbocycles. The van der Waals surface area contributed by atoms with Gasteiger partial charge in [0.25, 0.3) is 11.5 Å². The van der Waals surface area contributed by atoms with Crippen molar-refractivity contribution in [1.29, 1.82) is 0 Å². The van der Waals surface area contributed by atoms with Crippen molar-refractivity contribution in [2.75, 3.05) is 19.7 Å². The van der Waals surface area contributed by atoms with E-state index in [9.17, 15) is 9.59 Å². The number of rotatable bonds is 3. The highest BCUT2D eigenvalue weighted by Gasteiger charge is 2.38. The van der Waals surface area contributed by atoms with Crippen LogP contribution >= 0.6 is 0 Å². The van der Waals surface area contributed by atoms with Gasteiger partial charge in [-0.2, -0.15) is 0 Å². The van der Waals surface area contributed by atoms with Gasteiger partial charge < -0.3 is 15.0 Å². The SMILES string of the molecule is O=C(N[C@@H]1C[C@H]2CO[C@@H](c3ccccc3)CN2C1)c1cncc(=O)[nH]1. The predicted octanol–water partition coefficient (Wildman–Crippen LogP) is 0.714. The molecule has 7 heteroatoms. The van der Waals surface area contributed by atoms with Crippen LogP contribution < -0.4 is 10.9 Å². The Kier molecular flexibility index (Phi) is 4.33. The first-order chi connectivity index (χ1) is 12.2. The predicted molar refractivity (Wildman–Crippen MR) is 91.2 cm³/mol. The van der Waals surface area contributed by atoms with Crippen LogP contribution in [0.4, 0.5) is 0 Å².